The monoisotopic (exact) mass is 277 g/mol. The fourth-order valence-corrected chi connectivity index (χ4v) is 2.13. The van der Waals surface area contributed by atoms with Crippen LogP contribution in [-0.2, 0) is 6.42 Å². The predicted octanol–water partition coefficient (Wildman–Crippen LogP) is 4.16. The lowest BCUT2D eigenvalue weighted by Gasteiger charge is -2.13. The van der Waals surface area contributed by atoms with Crippen LogP contribution >= 0.6 is 11.6 Å². The molecule has 2 rings (SSSR count). The van der Waals surface area contributed by atoms with Gasteiger partial charge < -0.3 is 5.32 Å². The third kappa shape index (κ3) is 4.00. The van der Waals surface area contributed by atoms with E-state index in [1.165, 1.54) is 5.56 Å². The Bertz CT molecular complexity index is 516. The molecule has 0 spiro atoms. The van der Waals surface area contributed by atoms with Crippen LogP contribution in [0.25, 0.3) is 0 Å². The van der Waals surface area contributed by atoms with Crippen LogP contribution in [-0.4, -0.2) is 15.8 Å². The normalized spacial score (nSPS) is 12.7. The Balaban J connectivity index is 1.93. The van der Waals surface area contributed by atoms with Crippen LogP contribution in [0.5, 0.6) is 0 Å². The fourth-order valence-electron chi connectivity index (χ4n) is 2.00. The number of aromatic nitrogens is 2. The highest BCUT2D eigenvalue weighted by molar-refractivity contribution is 6.30. The van der Waals surface area contributed by atoms with Gasteiger partial charge >= 0.3 is 0 Å². The topological polar surface area (TPSA) is 29.9 Å². The molecule has 3 nitrogen and oxygen atoms in total. The van der Waals surface area contributed by atoms with E-state index in [4.69, 9.17) is 11.6 Å². The average molecular weight is 278 g/mol. The molecule has 0 amide bonds. The number of rotatable bonds is 5. The number of hydrogen-bond donors (Lipinski definition) is 1. The van der Waals surface area contributed by atoms with Crippen LogP contribution in [0, 0.1) is 0 Å². The second-order valence-corrected chi connectivity index (χ2v) is 5.62. The summed E-state index contributed by atoms with van der Waals surface area (Å²) in [7, 11) is 0. The van der Waals surface area contributed by atoms with Crippen LogP contribution in [0.15, 0.2) is 36.7 Å². The SMILES string of the molecule is CC(Cc1ccc(Cl)cc1)Nc1cnn(C(C)C)c1. The fraction of sp³-hybridized carbons (Fsp3) is 0.400. The zero-order valence-electron chi connectivity index (χ0n) is 11.6. The van der Waals surface area contributed by atoms with Gasteiger partial charge in [0, 0.05) is 23.3 Å². The van der Waals surface area contributed by atoms with Gasteiger partial charge in [0.05, 0.1) is 11.9 Å². The highest BCUT2D eigenvalue weighted by Crippen LogP contribution is 2.14. The van der Waals surface area contributed by atoms with Gasteiger partial charge in [-0.05, 0) is 44.9 Å². The third-order valence-electron chi connectivity index (χ3n) is 3.00. The summed E-state index contributed by atoms with van der Waals surface area (Å²) in [4.78, 5) is 0. The van der Waals surface area contributed by atoms with Gasteiger partial charge in [0.2, 0.25) is 0 Å². The van der Waals surface area contributed by atoms with Crippen molar-refractivity contribution in [3.8, 4) is 0 Å². The van der Waals surface area contributed by atoms with Crippen LogP contribution in [0.3, 0.4) is 0 Å². The average Bonchev–Trinajstić information content (AvgIpc) is 2.80. The molecular formula is C15H20ClN3. The molecule has 0 bridgehead atoms. The summed E-state index contributed by atoms with van der Waals surface area (Å²) in [6.07, 6.45) is 4.88. The largest absolute Gasteiger partial charge is 0.380 e. The molecule has 4 heteroatoms. The Morgan fingerprint density at radius 3 is 2.47 bits per heavy atom. The maximum absolute atomic E-state index is 5.88. The number of halogens is 1. The van der Waals surface area contributed by atoms with Crippen molar-refractivity contribution in [2.24, 2.45) is 0 Å². The van der Waals surface area contributed by atoms with Gasteiger partial charge in [-0.25, -0.2) is 0 Å². The van der Waals surface area contributed by atoms with Gasteiger partial charge in [-0.3, -0.25) is 4.68 Å². The minimum absolute atomic E-state index is 0.353. The lowest BCUT2D eigenvalue weighted by atomic mass is 10.1. The molecule has 0 saturated carbocycles. The first-order valence-electron chi connectivity index (χ1n) is 6.59. The molecule has 1 N–H and O–H groups in total. The van der Waals surface area contributed by atoms with Crippen LogP contribution in [0.2, 0.25) is 5.02 Å². The molecule has 1 atom stereocenters. The molecule has 2 aromatic rings. The second kappa shape index (κ2) is 6.11. The van der Waals surface area contributed by atoms with Crippen molar-refractivity contribution in [1.29, 1.82) is 0 Å². The highest BCUT2D eigenvalue weighted by Gasteiger charge is 2.06. The lowest BCUT2D eigenvalue weighted by molar-refractivity contribution is 0.532. The van der Waals surface area contributed by atoms with E-state index in [1.807, 2.05) is 29.2 Å². The van der Waals surface area contributed by atoms with E-state index >= 15 is 0 Å². The summed E-state index contributed by atoms with van der Waals surface area (Å²) >= 11 is 5.88. The van der Waals surface area contributed by atoms with Crippen molar-refractivity contribution >= 4 is 17.3 Å². The lowest BCUT2D eigenvalue weighted by Crippen LogP contribution is -2.17. The number of nitrogens with one attached hydrogen (secondary N) is 1. The molecule has 1 heterocycles. The van der Waals surface area contributed by atoms with Crippen LogP contribution < -0.4 is 5.32 Å². The molecule has 102 valence electrons. The summed E-state index contributed by atoms with van der Waals surface area (Å²) in [5.41, 5.74) is 2.34. The summed E-state index contributed by atoms with van der Waals surface area (Å²) in [5, 5.41) is 8.57. The smallest absolute Gasteiger partial charge is 0.0728 e. The quantitative estimate of drug-likeness (QED) is 0.889. The van der Waals surface area contributed by atoms with Crippen LogP contribution in [0.4, 0.5) is 5.69 Å². The van der Waals surface area contributed by atoms with Gasteiger partial charge in [-0.15, -0.1) is 0 Å². The van der Waals surface area contributed by atoms with E-state index in [9.17, 15) is 0 Å². The van der Waals surface area contributed by atoms with E-state index in [1.54, 1.807) is 0 Å². The Hall–Kier alpha value is -1.48. The molecule has 0 fully saturated rings. The Morgan fingerprint density at radius 1 is 1.21 bits per heavy atom. The van der Waals surface area contributed by atoms with E-state index in [0.717, 1.165) is 17.1 Å². The first-order valence-corrected chi connectivity index (χ1v) is 6.97. The van der Waals surface area contributed by atoms with Crippen LogP contribution in [0.1, 0.15) is 32.4 Å². The zero-order chi connectivity index (χ0) is 13.8. The number of anilines is 1. The van der Waals surface area contributed by atoms with Crippen molar-refractivity contribution in [3.05, 3.63) is 47.2 Å². The standard InChI is InChI=1S/C15H20ClN3/c1-11(2)19-10-15(9-17-19)18-12(3)8-13-4-6-14(16)7-5-13/h4-7,9-12,18H,8H2,1-3H3. The summed E-state index contributed by atoms with van der Waals surface area (Å²) in [6, 6.07) is 8.74. The van der Waals surface area contributed by atoms with Crippen molar-refractivity contribution in [1.82, 2.24) is 9.78 Å². The molecule has 1 aromatic heterocycles. The molecule has 0 saturated heterocycles. The minimum Gasteiger partial charge on any atom is -0.380 e. The number of hydrogen-bond acceptors (Lipinski definition) is 2. The van der Waals surface area contributed by atoms with E-state index < -0.39 is 0 Å². The van der Waals surface area contributed by atoms with Gasteiger partial charge in [0.15, 0.2) is 0 Å². The second-order valence-electron chi connectivity index (χ2n) is 5.18. The number of benzene rings is 1. The van der Waals surface area contributed by atoms with Crippen molar-refractivity contribution in [2.75, 3.05) is 5.32 Å². The molecule has 19 heavy (non-hydrogen) atoms. The molecule has 0 aliphatic carbocycles. The number of nitrogens with zero attached hydrogens (tertiary/aromatic N) is 2. The Kier molecular flexibility index (Phi) is 4.48. The van der Waals surface area contributed by atoms with E-state index in [0.29, 0.717) is 12.1 Å². The van der Waals surface area contributed by atoms with E-state index in [-0.39, 0.29) is 0 Å². The molecule has 1 unspecified atom stereocenters. The highest BCUT2D eigenvalue weighted by atomic mass is 35.5. The first-order chi connectivity index (χ1) is 9.04. The van der Waals surface area contributed by atoms with Crippen molar-refractivity contribution < 1.29 is 0 Å². The molecule has 0 radical (unpaired) electrons. The summed E-state index contributed by atoms with van der Waals surface area (Å²) < 4.78 is 1.96. The Labute approximate surface area is 119 Å². The summed E-state index contributed by atoms with van der Waals surface area (Å²) in [6.45, 7) is 6.41. The maximum atomic E-state index is 5.88. The molecule has 1 aromatic carbocycles. The minimum atomic E-state index is 0.353. The van der Waals surface area contributed by atoms with Gasteiger partial charge in [-0.1, -0.05) is 23.7 Å². The third-order valence-corrected chi connectivity index (χ3v) is 3.25. The van der Waals surface area contributed by atoms with Crippen molar-refractivity contribution in [3.63, 3.8) is 0 Å². The van der Waals surface area contributed by atoms with Gasteiger partial charge in [0.1, 0.15) is 0 Å². The molecular weight excluding hydrogens is 258 g/mol. The molecule has 0 aliphatic rings. The predicted molar refractivity (Wildman–Crippen MR) is 80.9 cm³/mol. The zero-order valence-corrected chi connectivity index (χ0v) is 12.4. The first kappa shape index (κ1) is 13.9. The molecule has 0 aliphatic heterocycles. The Morgan fingerprint density at radius 2 is 1.89 bits per heavy atom. The van der Waals surface area contributed by atoms with Gasteiger partial charge in [-0.2, -0.15) is 5.10 Å². The van der Waals surface area contributed by atoms with Crippen molar-refractivity contribution in [2.45, 2.75) is 39.3 Å². The van der Waals surface area contributed by atoms with E-state index in [2.05, 4.69) is 43.3 Å². The van der Waals surface area contributed by atoms with Gasteiger partial charge in [0.25, 0.3) is 0 Å². The summed E-state index contributed by atoms with van der Waals surface area (Å²) in [5.74, 6) is 0. The maximum Gasteiger partial charge on any atom is 0.0728 e.